The first-order chi connectivity index (χ1) is 7.37. The van der Waals surface area contributed by atoms with Crippen molar-refractivity contribution >= 4 is 5.91 Å². The van der Waals surface area contributed by atoms with Gasteiger partial charge in [-0.2, -0.15) is 0 Å². The van der Waals surface area contributed by atoms with Crippen LogP contribution in [0.3, 0.4) is 0 Å². The molecule has 1 atom stereocenters. The Balaban J connectivity index is 3.64. The lowest BCUT2D eigenvalue weighted by Crippen LogP contribution is -2.34. The van der Waals surface area contributed by atoms with E-state index < -0.39 is 0 Å². The summed E-state index contributed by atoms with van der Waals surface area (Å²) in [5.41, 5.74) is 5.57. The van der Waals surface area contributed by atoms with Crippen LogP contribution in [0.1, 0.15) is 46.5 Å². The van der Waals surface area contributed by atoms with Crippen molar-refractivity contribution in [3.8, 4) is 0 Å². The number of hydrogen-bond donors (Lipinski definition) is 3. The van der Waals surface area contributed by atoms with Gasteiger partial charge in [0, 0.05) is 25.6 Å². The zero-order valence-corrected chi connectivity index (χ0v) is 10.8. The third kappa shape index (κ3) is 8.68. The van der Waals surface area contributed by atoms with E-state index in [2.05, 4.69) is 5.32 Å². The molecule has 0 aromatic rings. The second kappa shape index (κ2) is 7.63. The number of carbonyl (C=O) groups excluding carboxylic acids is 1. The molecule has 0 aliphatic rings. The summed E-state index contributed by atoms with van der Waals surface area (Å²) in [6.07, 6.45) is 2.96. The lowest BCUT2D eigenvalue weighted by atomic mass is 9.90. The summed E-state index contributed by atoms with van der Waals surface area (Å²) < 4.78 is 0. The highest BCUT2D eigenvalue weighted by Crippen LogP contribution is 2.17. The smallest absolute Gasteiger partial charge is 0.220 e. The molecule has 0 bridgehead atoms. The molecule has 0 saturated carbocycles. The monoisotopic (exact) mass is 230 g/mol. The van der Waals surface area contributed by atoms with Crippen molar-refractivity contribution in [2.45, 2.75) is 52.5 Å². The van der Waals surface area contributed by atoms with Crippen molar-refractivity contribution < 1.29 is 9.90 Å². The molecular weight excluding hydrogens is 204 g/mol. The van der Waals surface area contributed by atoms with Crippen LogP contribution in [0.15, 0.2) is 0 Å². The SMILES string of the molecule is CC(N)CCCC(=O)NCC(C)(C)CCO. The average Bonchev–Trinajstić information content (AvgIpc) is 2.14. The number of carbonyl (C=O) groups is 1. The summed E-state index contributed by atoms with van der Waals surface area (Å²) in [4.78, 5) is 11.5. The van der Waals surface area contributed by atoms with Crippen LogP contribution < -0.4 is 11.1 Å². The van der Waals surface area contributed by atoms with E-state index in [1.54, 1.807) is 0 Å². The van der Waals surface area contributed by atoms with Crippen LogP contribution in [0.2, 0.25) is 0 Å². The molecule has 0 rings (SSSR count). The van der Waals surface area contributed by atoms with Crippen molar-refractivity contribution in [1.29, 1.82) is 0 Å². The molecule has 16 heavy (non-hydrogen) atoms. The van der Waals surface area contributed by atoms with E-state index in [-0.39, 0.29) is 24.0 Å². The fourth-order valence-electron chi connectivity index (χ4n) is 1.40. The molecule has 0 fully saturated rings. The Kier molecular flexibility index (Phi) is 7.34. The lowest BCUT2D eigenvalue weighted by molar-refractivity contribution is -0.121. The topological polar surface area (TPSA) is 75.4 Å². The average molecular weight is 230 g/mol. The molecular formula is C12H26N2O2. The Labute approximate surface area is 98.6 Å². The summed E-state index contributed by atoms with van der Waals surface area (Å²) in [5, 5.41) is 11.7. The van der Waals surface area contributed by atoms with Crippen molar-refractivity contribution in [3.63, 3.8) is 0 Å². The van der Waals surface area contributed by atoms with Gasteiger partial charge in [0.1, 0.15) is 0 Å². The Bertz CT molecular complexity index is 203. The fourth-order valence-corrected chi connectivity index (χ4v) is 1.40. The second-order valence-electron chi connectivity index (χ2n) is 5.28. The van der Waals surface area contributed by atoms with E-state index in [1.807, 2.05) is 20.8 Å². The number of nitrogens with two attached hydrogens (primary N) is 1. The number of hydrogen-bond acceptors (Lipinski definition) is 3. The van der Waals surface area contributed by atoms with E-state index in [1.165, 1.54) is 0 Å². The summed E-state index contributed by atoms with van der Waals surface area (Å²) in [5.74, 6) is 0.0756. The molecule has 0 aromatic heterocycles. The minimum absolute atomic E-state index is 0.0361. The van der Waals surface area contributed by atoms with Gasteiger partial charge in [-0.15, -0.1) is 0 Å². The Morgan fingerprint density at radius 1 is 1.50 bits per heavy atom. The number of aliphatic hydroxyl groups excluding tert-OH is 1. The molecule has 0 aliphatic carbocycles. The van der Waals surface area contributed by atoms with Gasteiger partial charge in [-0.3, -0.25) is 4.79 Å². The standard InChI is InChI=1S/C12H26N2O2/c1-10(13)5-4-6-11(16)14-9-12(2,3)7-8-15/h10,15H,4-9,13H2,1-3H3,(H,14,16). The van der Waals surface area contributed by atoms with Crippen molar-refractivity contribution in [2.75, 3.05) is 13.2 Å². The second-order valence-corrected chi connectivity index (χ2v) is 5.28. The van der Waals surface area contributed by atoms with Crippen molar-refractivity contribution in [3.05, 3.63) is 0 Å². The highest BCUT2D eigenvalue weighted by atomic mass is 16.3. The van der Waals surface area contributed by atoms with Gasteiger partial charge in [0.2, 0.25) is 5.91 Å². The first kappa shape index (κ1) is 15.4. The number of aliphatic hydroxyl groups is 1. The van der Waals surface area contributed by atoms with Crippen molar-refractivity contribution in [1.82, 2.24) is 5.32 Å². The van der Waals surface area contributed by atoms with Gasteiger partial charge in [0.05, 0.1) is 0 Å². The zero-order valence-electron chi connectivity index (χ0n) is 10.8. The molecule has 0 spiro atoms. The minimum atomic E-state index is -0.0361. The third-order valence-electron chi connectivity index (χ3n) is 2.62. The Hall–Kier alpha value is -0.610. The van der Waals surface area contributed by atoms with Crippen LogP contribution in [0.5, 0.6) is 0 Å². The molecule has 4 heteroatoms. The molecule has 0 radical (unpaired) electrons. The van der Waals surface area contributed by atoms with Gasteiger partial charge in [0.15, 0.2) is 0 Å². The maximum absolute atomic E-state index is 11.5. The third-order valence-corrected chi connectivity index (χ3v) is 2.62. The van der Waals surface area contributed by atoms with Crippen LogP contribution in [0.4, 0.5) is 0 Å². The fraction of sp³-hybridized carbons (Fsp3) is 0.917. The largest absolute Gasteiger partial charge is 0.396 e. The normalized spacial score (nSPS) is 13.6. The summed E-state index contributed by atoms with van der Waals surface area (Å²) in [7, 11) is 0. The molecule has 96 valence electrons. The highest BCUT2D eigenvalue weighted by Gasteiger charge is 2.17. The van der Waals surface area contributed by atoms with Gasteiger partial charge in [-0.05, 0) is 31.6 Å². The number of amides is 1. The first-order valence-electron chi connectivity index (χ1n) is 6.00. The van der Waals surface area contributed by atoms with E-state index in [0.29, 0.717) is 19.4 Å². The van der Waals surface area contributed by atoms with Crippen LogP contribution in [-0.4, -0.2) is 30.2 Å². The quantitative estimate of drug-likeness (QED) is 0.583. The lowest BCUT2D eigenvalue weighted by Gasteiger charge is -2.23. The van der Waals surface area contributed by atoms with E-state index >= 15 is 0 Å². The molecule has 0 saturated heterocycles. The van der Waals surface area contributed by atoms with Crippen LogP contribution in [0, 0.1) is 5.41 Å². The number of rotatable bonds is 8. The molecule has 0 aromatic carbocycles. The predicted molar refractivity (Wildman–Crippen MR) is 66.0 cm³/mol. The first-order valence-corrected chi connectivity index (χ1v) is 6.00. The van der Waals surface area contributed by atoms with E-state index in [4.69, 9.17) is 10.8 Å². The molecule has 0 aliphatic heterocycles. The molecule has 0 heterocycles. The summed E-state index contributed by atoms with van der Waals surface area (Å²) >= 11 is 0. The van der Waals surface area contributed by atoms with Gasteiger partial charge >= 0.3 is 0 Å². The maximum Gasteiger partial charge on any atom is 0.220 e. The summed E-state index contributed by atoms with van der Waals surface area (Å²) in [6, 6.07) is 0.165. The molecule has 4 nitrogen and oxygen atoms in total. The van der Waals surface area contributed by atoms with Crippen LogP contribution in [-0.2, 0) is 4.79 Å². The Morgan fingerprint density at radius 3 is 2.62 bits per heavy atom. The summed E-state index contributed by atoms with van der Waals surface area (Å²) in [6.45, 7) is 6.79. The van der Waals surface area contributed by atoms with Crippen LogP contribution >= 0.6 is 0 Å². The molecule has 1 unspecified atom stereocenters. The van der Waals surface area contributed by atoms with Gasteiger partial charge in [-0.1, -0.05) is 13.8 Å². The highest BCUT2D eigenvalue weighted by molar-refractivity contribution is 5.75. The van der Waals surface area contributed by atoms with Crippen molar-refractivity contribution in [2.24, 2.45) is 11.1 Å². The van der Waals surface area contributed by atoms with E-state index in [0.717, 1.165) is 12.8 Å². The van der Waals surface area contributed by atoms with Gasteiger partial charge in [-0.25, -0.2) is 0 Å². The van der Waals surface area contributed by atoms with Crippen LogP contribution in [0.25, 0.3) is 0 Å². The number of nitrogens with one attached hydrogen (secondary N) is 1. The molecule has 4 N–H and O–H groups in total. The zero-order chi connectivity index (χ0) is 12.6. The minimum Gasteiger partial charge on any atom is -0.396 e. The van der Waals surface area contributed by atoms with Gasteiger partial charge < -0.3 is 16.2 Å². The van der Waals surface area contributed by atoms with E-state index in [9.17, 15) is 4.79 Å². The molecule has 1 amide bonds. The predicted octanol–water partition coefficient (Wildman–Crippen LogP) is 1.03. The maximum atomic E-state index is 11.5. The van der Waals surface area contributed by atoms with Gasteiger partial charge in [0.25, 0.3) is 0 Å². The Morgan fingerprint density at radius 2 is 2.12 bits per heavy atom.